The van der Waals surface area contributed by atoms with Crippen LogP contribution in [0, 0.1) is 3.57 Å². The number of halogens is 3. The number of methoxy groups -OCH3 is 1. The van der Waals surface area contributed by atoms with Crippen molar-refractivity contribution in [3.8, 4) is 5.75 Å². The minimum Gasteiger partial charge on any atom is -0.495 e. The van der Waals surface area contributed by atoms with Crippen LogP contribution >= 0.6 is 50.1 Å². The molecular formula is C7H5BrClIO. The normalized spacial score (nSPS) is 9.82. The summed E-state index contributed by atoms with van der Waals surface area (Å²) in [5.41, 5.74) is 0. The van der Waals surface area contributed by atoms with E-state index in [0.29, 0.717) is 10.8 Å². The fourth-order valence-electron chi connectivity index (χ4n) is 0.661. The molecule has 0 unspecified atom stereocenters. The van der Waals surface area contributed by atoms with E-state index in [1.54, 1.807) is 7.11 Å². The third-order valence-electron chi connectivity index (χ3n) is 1.19. The van der Waals surface area contributed by atoms with E-state index in [1.165, 1.54) is 0 Å². The lowest BCUT2D eigenvalue weighted by atomic mass is 10.3. The molecule has 0 atom stereocenters. The lowest BCUT2D eigenvalue weighted by Crippen LogP contribution is -1.85. The van der Waals surface area contributed by atoms with Gasteiger partial charge in [0.2, 0.25) is 0 Å². The van der Waals surface area contributed by atoms with Crippen LogP contribution in [0.1, 0.15) is 0 Å². The van der Waals surface area contributed by atoms with Crippen molar-refractivity contribution in [1.82, 2.24) is 0 Å². The van der Waals surface area contributed by atoms with Gasteiger partial charge in [0.25, 0.3) is 0 Å². The molecule has 1 nitrogen and oxygen atoms in total. The molecule has 1 rings (SSSR count). The highest BCUT2D eigenvalue weighted by molar-refractivity contribution is 14.1. The number of hydrogen-bond donors (Lipinski definition) is 0. The Bertz CT molecular complexity index is 277. The first-order valence-corrected chi connectivity index (χ1v) is 5.08. The molecule has 1 aromatic carbocycles. The topological polar surface area (TPSA) is 9.23 Å². The van der Waals surface area contributed by atoms with Gasteiger partial charge in [0.1, 0.15) is 5.75 Å². The summed E-state index contributed by atoms with van der Waals surface area (Å²) in [5.74, 6) is 0.693. The monoisotopic (exact) mass is 346 g/mol. The van der Waals surface area contributed by atoms with Gasteiger partial charge in [0.05, 0.1) is 12.1 Å². The van der Waals surface area contributed by atoms with Gasteiger partial charge in [-0.1, -0.05) is 11.6 Å². The van der Waals surface area contributed by atoms with Gasteiger partial charge in [0.15, 0.2) is 0 Å². The average molecular weight is 347 g/mol. The maximum absolute atomic E-state index is 5.85. The van der Waals surface area contributed by atoms with Crippen LogP contribution in [0.15, 0.2) is 16.6 Å². The summed E-state index contributed by atoms with van der Waals surface area (Å²) >= 11 is 11.4. The average Bonchev–Trinajstić information content (AvgIpc) is 1.97. The molecule has 0 aliphatic carbocycles. The third kappa shape index (κ3) is 2.23. The van der Waals surface area contributed by atoms with Gasteiger partial charge in [-0.3, -0.25) is 0 Å². The Hall–Kier alpha value is 0.520. The van der Waals surface area contributed by atoms with Gasteiger partial charge in [-0.2, -0.15) is 0 Å². The molecule has 0 aliphatic heterocycles. The van der Waals surface area contributed by atoms with E-state index < -0.39 is 0 Å². The van der Waals surface area contributed by atoms with Crippen molar-refractivity contribution in [2.24, 2.45) is 0 Å². The molecule has 0 saturated heterocycles. The van der Waals surface area contributed by atoms with E-state index in [9.17, 15) is 0 Å². The van der Waals surface area contributed by atoms with Crippen molar-refractivity contribution in [2.75, 3.05) is 7.11 Å². The van der Waals surface area contributed by atoms with Crippen LogP contribution < -0.4 is 4.74 Å². The van der Waals surface area contributed by atoms with E-state index in [-0.39, 0.29) is 0 Å². The maximum Gasteiger partial charge on any atom is 0.138 e. The fraction of sp³-hybridized carbons (Fsp3) is 0.143. The predicted molar refractivity (Wildman–Crippen MR) is 58.4 cm³/mol. The Morgan fingerprint density at radius 2 is 2.18 bits per heavy atom. The Morgan fingerprint density at radius 3 is 2.73 bits per heavy atom. The fourth-order valence-corrected chi connectivity index (χ4v) is 1.88. The highest BCUT2D eigenvalue weighted by Gasteiger charge is 2.03. The molecule has 0 spiro atoms. The van der Waals surface area contributed by atoms with Crippen molar-refractivity contribution in [1.29, 1.82) is 0 Å². The Kier molecular flexibility index (Phi) is 3.46. The Balaban J connectivity index is 3.21. The second kappa shape index (κ2) is 3.96. The van der Waals surface area contributed by atoms with E-state index in [1.807, 2.05) is 12.1 Å². The molecule has 0 radical (unpaired) electrons. The van der Waals surface area contributed by atoms with Crippen LogP contribution in [0.4, 0.5) is 0 Å². The Labute approximate surface area is 92.3 Å². The quantitative estimate of drug-likeness (QED) is 0.556. The molecular weight excluding hydrogens is 342 g/mol. The second-order valence-electron chi connectivity index (χ2n) is 1.90. The van der Waals surface area contributed by atoms with Crippen LogP contribution in [0.2, 0.25) is 5.02 Å². The van der Waals surface area contributed by atoms with Crippen molar-refractivity contribution in [3.63, 3.8) is 0 Å². The summed E-state index contributed by atoms with van der Waals surface area (Å²) in [6.45, 7) is 0. The zero-order valence-corrected chi connectivity index (χ0v) is 10.2. The number of hydrogen-bond acceptors (Lipinski definition) is 1. The first-order chi connectivity index (χ1) is 5.15. The third-order valence-corrected chi connectivity index (χ3v) is 3.78. The number of ether oxygens (including phenoxy) is 1. The second-order valence-corrected chi connectivity index (χ2v) is 4.32. The van der Waals surface area contributed by atoms with Crippen LogP contribution in [0.25, 0.3) is 0 Å². The summed E-state index contributed by atoms with van der Waals surface area (Å²) in [6, 6.07) is 3.70. The number of rotatable bonds is 1. The van der Waals surface area contributed by atoms with Crippen molar-refractivity contribution in [2.45, 2.75) is 0 Å². The molecule has 60 valence electrons. The largest absolute Gasteiger partial charge is 0.495 e. The van der Waals surface area contributed by atoms with E-state index in [2.05, 4.69) is 38.5 Å². The predicted octanol–water partition coefficient (Wildman–Crippen LogP) is 3.72. The van der Waals surface area contributed by atoms with Crippen molar-refractivity contribution >= 4 is 50.1 Å². The van der Waals surface area contributed by atoms with Gasteiger partial charge < -0.3 is 4.74 Å². The highest BCUT2D eigenvalue weighted by atomic mass is 127. The summed E-state index contributed by atoms with van der Waals surface area (Å²) < 4.78 is 7.09. The van der Waals surface area contributed by atoms with Crippen LogP contribution in [0.3, 0.4) is 0 Å². The van der Waals surface area contributed by atoms with E-state index in [4.69, 9.17) is 16.3 Å². The van der Waals surface area contributed by atoms with Gasteiger partial charge in [-0.25, -0.2) is 0 Å². The minimum atomic E-state index is 0.639. The van der Waals surface area contributed by atoms with Crippen LogP contribution in [-0.4, -0.2) is 7.11 Å². The SMILES string of the molecule is COc1cc(Br)c(I)cc1Cl. The molecule has 0 bridgehead atoms. The van der Waals surface area contributed by atoms with Crippen LogP contribution in [0.5, 0.6) is 5.75 Å². The van der Waals surface area contributed by atoms with Gasteiger partial charge in [-0.05, 0) is 50.7 Å². The van der Waals surface area contributed by atoms with E-state index in [0.717, 1.165) is 8.04 Å². The molecule has 0 amide bonds. The van der Waals surface area contributed by atoms with Gasteiger partial charge in [-0.15, -0.1) is 0 Å². The number of benzene rings is 1. The first kappa shape index (κ1) is 9.61. The Morgan fingerprint density at radius 1 is 1.55 bits per heavy atom. The molecule has 0 fully saturated rings. The molecule has 11 heavy (non-hydrogen) atoms. The van der Waals surface area contributed by atoms with Gasteiger partial charge >= 0.3 is 0 Å². The van der Waals surface area contributed by atoms with Crippen molar-refractivity contribution in [3.05, 3.63) is 25.2 Å². The molecule has 4 heteroatoms. The molecule has 0 aliphatic rings. The van der Waals surface area contributed by atoms with E-state index >= 15 is 0 Å². The summed E-state index contributed by atoms with van der Waals surface area (Å²) in [5, 5.41) is 0.639. The standard InChI is InChI=1S/C7H5BrClIO/c1-11-7-2-4(8)6(10)3-5(7)9/h2-3H,1H3. The smallest absolute Gasteiger partial charge is 0.138 e. The van der Waals surface area contributed by atoms with Crippen LogP contribution in [-0.2, 0) is 0 Å². The molecule has 0 heterocycles. The zero-order chi connectivity index (χ0) is 8.43. The van der Waals surface area contributed by atoms with Gasteiger partial charge in [0, 0.05) is 8.04 Å². The summed E-state index contributed by atoms with van der Waals surface area (Å²) in [4.78, 5) is 0. The molecule has 0 saturated carbocycles. The zero-order valence-electron chi connectivity index (χ0n) is 5.70. The molecule has 0 N–H and O–H groups in total. The highest BCUT2D eigenvalue weighted by Crippen LogP contribution is 2.31. The maximum atomic E-state index is 5.85. The first-order valence-electron chi connectivity index (χ1n) is 2.83. The molecule has 0 aromatic heterocycles. The summed E-state index contributed by atoms with van der Waals surface area (Å²) in [6.07, 6.45) is 0. The summed E-state index contributed by atoms with van der Waals surface area (Å²) in [7, 11) is 1.60. The minimum absolute atomic E-state index is 0.639. The lowest BCUT2D eigenvalue weighted by molar-refractivity contribution is 0.414. The molecule has 1 aromatic rings. The lowest BCUT2D eigenvalue weighted by Gasteiger charge is -2.03. The van der Waals surface area contributed by atoms with Crippen molar-refractivity contribution < 1.29 is 4.74 Å².